The zero-order valence-corrected chi connectivity index (χ0v) is 4.54. The van der Waals surface area contributed by atoms with Gasteiger partial charge >= 0.3 is 0 Å². The van der Waals surface area contributed by atoms with E-state index in [1.807, 2.05) is 0 Å². The Balaban J connectivity index is 2.42. The van der Waals surface area contributed by atoms with Gasteiger partial charge in [0.25, 0.3) is 0 Å². The third-order valence-corrected chi connectivity index (χ3v) is 1.16. The minimum absolute atomic E-state index is 0.385. The van der Waals surface area contributed by atoms with Gasteiger partial charge in [-0.3, -0.25) is 0 Å². The highest BCUT2D eigenvalue weighted by Crippen LogP contribution is 2.03. The van der Waals surface area contributed by atoms with Crippen LogP contribution in [0.2, 0.25) is 0 Å². The Morgan fingerprint density at radius 2 is 2.38 bits per heavy atom. The smallest absolute Gasteiger partial charge is 0.0910 e. The van der Waals surface area contributed by atoms with E-state index in [2.05, 4.69) is 0 Å². The highest BCUT2D eigenvalue weighted by molar-refractivity contribution is 4.95. The van der Waals surface area contributed by atoms with Crippen molar-refractivity contribution in [2.75, 3.05) is 13.1 Å². The van der Waals surface area contributed by atoms with Gasteiger partial charge in [-0.1, -0.05) is 0 Å². The second-order valence-corrected chi connectivity index (χ2v) is 1.86. The zero-order valence-electron chi connectivity index (χ0n) is 4.54. The van der Waals surface area contributed by atoms with Crippen LogP contribution in [0, 0.1) is 0 Å². The molecule has 0 radical (unpaired) electrons. The monoisotopic (exact) mass is 115 g/mol. The Bertz CT molecular complexity index is 111. The van der Waals surface area contributed by atoms with Crippen LogP contribution < -0.4 is 0 Å². The van der Waals surface area contributed by atoms with Crippen molar-refractivity contribution in [1.29, 1.82) is 0 Å². The molecule has 0 aromatic rings. The molecule has 3 nitrogen and oxygen atoms in total. The lowest BCUT2D eigenvalue weighted by Crippen LogP contribution is -2.24. The third-order valence-electron chi connectivity index (χ3n) is 1.16. The SMILES string of the molecule is OC1=CCN(O)CC1. The van der Waals surface area contributed by atoms with Crippen LogP contribution in [0.15, 0.2) is 11.8 Å². The maximum absolute atomic E-state index is 8.75. The fourth-order valence-electron chi connectivity index (χ4n) is 0.648. The molecule has 1 aliphatic rings. The Morgan fingerprint density at radius 3 is 2.75 bits per heavy atom. The molecule has 2 N–H and O–H groups in total. The van der Waals surface area contributed by atoms with Gasteiger partial charge in [-0.15, -0.1) is 0 Å². The van der Waals surface area contributed by atoms with Gasteiger partial charge in [-0.05, 0) is 6.08 Å². The Morgan fingerprint density at radius 1 is 1.62 bits per heavy atom. The molecule has 0 fully saturated rings. The Kier molecular flexibility index (Phi) is 1.50. The van der Waals surface area contributed by atoms with Crippen LogP contribution in [0.4, 0.5) is 0 Å². The first kappa shape index (κ1) is 5.59. The minimum Gasteiger partial charge on any atom is -0.513 e. The molecule has 0 unspecified atom stereocenters. The van der Waals surface area contributed by atoms with E-state index in [4.69, 9.17) is 10.3 Å². The summed E-state index contributed by atoms with van der Waals surface area (Å²) in [5, 5.41) is 18.6. The van der Waals surface area contributed by atoms with Gasteiger partial charge in [-0.25, -0.2) is 0 Å². The van der Waals surface area contributed by atoms with Gasteiger partial charge in [-0.2, -0.15) is 5.06 Å². The van der Waals surface area contributed by atoms with E-state index in [-0.39, 0.29) is 0 Å². The number of hydroxylamine groups is 2. The Labute approximate surface area is 47.8 Å². The highest BCUT2D eigenvalue weighted by Gasteiger charge is 2.05. The van der Waals surface area contributed by atoms with E-state index in [0.29, 0.717) is 25.3 Å². The number of aliphatic hydroxyl groups excluding tert-OH is 1. The Hall–Kier alpha value is -0.540. The van der Waals surface area contributed by atoms with Crippen LogP contribution in [0.5, 0.6) is 0 Å². The molecule has 1 heterocycles. The molecule has 0 atom stereocenters. The number of aliphatic hydroxyl groups is 1. The molecular weight excluding hydrogens is 106 g/mol. The van der Waals surface area contributed by atoms with E-state index in [9.17, 15) is 0 Å². The first-order chi connectivity index (χ1) is 3.79. The van der Waals surface area contributed by atoms with Crippen molar-refractivity contribution in [3.63, 3.8) is 0 Å². The normalized spacial score (nSPS) is 22.9. The van der Waals surface area contributed by atoms with Crippen molar-refractivity contribution < 1.29 is 10.3 Å². The zero-order chi connectivity index (χ0) is 5.98. The van der Waals surface area contributed by atoms with Crippen LogP contribution in [0.3, 0.4) is 0 Å². The first-order valence-corrected chi connectivity index (χ1v) is 2.61. The van der Waals surface area contributed by atoms with Gasteiger partial charge in [0.05, 0.1) is 5.76 Å². The van der Waals surface area contributed by atoms with E-state index >= 15 is 0 Å². The van der Waals surface area contributed by atoms with Crippen molar-refractivity contribution in [1.82, 2.24) is 5.06 Å². The van der Waals surface area contributed by atoms with Gasteiger partial charge < -0.3 is 10.3 Å². The summed E-state index contributed by atoms with van der Waals surface area (Å²) in [4.78, 5) is 0. The quantitative estimate of drug-likeness (QED) is 0.483. The summed E-state index contributed by atoms with van der Waals surface area (Å²) in [6.45, 7) is 0.994. The molecule has 0 aliphatic carbocycles. The molecule has 1 aliphatic heterocycles. The lowest BCUT2D eigenvalue weighted by molar-refractivity contribution is -0.0857. The largest absolute Gasteiger partial charge is 0.513 e. The van der Waals surface area contributed by atoms with Gasteiger partial charge in [0.15, 0.2) is 0 Å². The van der Waals surface area contributed by atoms with E-state index in [1.54, 1.807) is 6.08 Å². The summed E-state index contributed by atoms with van der Waals surface area (Å²) in [5.41, 5.74) is 0. The molecule has 46 valence electrons. The van der Waals surface area contributed by atoms with Gasteiger partial charge in [0.1, 0.15) is 0 Å². The maximum atomic E-state index is 8.75. The van der Waals surface area contributed by atoms with Crippen LogP contribution in [0.25, 0.3) is 0 Å². The summed E-state index contributed by atoms with van der Waals surface area (Å²) in [6, 6.07) is 0. The molecule has 0 saturated heterocycles. The van der Waals surface area contributed by atoms with E-state index < -0.39 is 0 Å². The average molecular weight is 115 g/mol. The van der Waals surface area contributed by atoms with Gasteiger partial charge in [0.2, 0.25) is 0 Å². The molecular formula is C5H9NO2. The van der Waals surface area contributed by atoms with Crippen LogP contribution >= 0.6 is 0 Å². The molecule has 0 aromatic heterocycles. The second-order valence-electron chi connectivity index (χ2n) is 1.86. The third kappa shape index (κ3) is 1.21. The predicted octanol–water partition coefficient (Wildman–Crippen LogP) is 0.523. The highest BCUT2D eigenvalue weighted by atomic mass is 16.5. The average Bonchev–Trinajstić information content (AvgIpc) is 1.77. The van der Waals surface area contributed by atoms with Crippen molar-refractivity contribution in [2.45, 2.75) is 6.42 Å². The van der Waals surface area contributed by atoms with Gasteiger partial charge in [0, 0.05) is 19.5 Å². The predicted molar refractivity (Wildman–Crippen MR) is 28.7 cm³/mol. The molecule has 0 aromatic carbocycles. The standard InChI is InChI=1S/C5H9NO2/c7-5-1-3-6(8)4-2-5/h1,7-8H,2-4H2. The molecule has 3 heteroatoms. The summed E-state index contributed by atoms with van der Waals surface area (Å²) in [6.07, 6.45) is 2.17. The molecule has 0 bridgehead atoms. The van der Waals surface area contributed by atoms with Crippen molar-refractivity contribution in [3.8, 4) is 0 Å². The number of hydrogen-bond donors (Lipinski definition) is 2. The molecule has 8 heavy (non-hydrogen) atoms. The summed E-state index contributed by atoms with van der Waals surface area (Å²) < 4.78 is 0. The molecule has 0 spiro atoms. The minimum atomic E-state index is 0.385. The van der Waals surface area contributed by atoms with Crippen molar-refractivity contribution in [2.24, 2.45) is 0 Å². The summed E-state index contributed by atoms with van der Waals surface area (Å²) in [7, 11) is 0. The lowest BCUT2D eigenvalue weighted by atomic mass is 10.2. The number of hydrogen-bond acceptors (Lipinski definition) is 3. The van der Waals surface area contributed by atoms with E-state index in [1.165, 1.54) is 5.06 Å². The summed E-state index contributed by atoms with van der Waals surface area (Å²) >= 11 is 0. The number of rotatable bonds is 0. The molecule has 0 amide bonds. The topological polar surface area (TPSA) is 43.7 Å². The van der Waals surface area contributed by atoms with Crippen LogP contribution in [-0.4, -0.2) is 28.5 Å². The summed E-state index contributed by atoms with van der Waals surface area (Å²) in [5.74, 6) is 0.385. The van der Waals surface area contributed by atoms with Crippen LogP contribution in [0.1, 0.15) is 6.42 Å². The number of nitrogens with zero attached hydrogens (tertiary/aromatic N) is 1. The van der Waals surface area contributed by atoms with Crippen molar-refractivity contribution in [3.05, 3.63) is 11.8 Å². The van der Waals surface area contributed by atoms with Crippen molar-refractivity contribution >= 4 is 0 Å². The van der Waals surface area contributed by atoms with E-state index in [0.717, 1.165) is 0 Å². The second kappa shape index (κ2) is 2.15. The fourth-order valence-corrected chi connectivity index (χ4v) is 0.648. The molecule has 1 rings (SSSR count). The lowest BCUT2D eigenvalue weighted by Gasteiger charge is -2.16. The van der Waals surface area contributed by atoms with Crippen LogP contribution in [-0.2, 0) is 0 Å². The fraction of sp³-hybridized carbons (Fsp3) is 0.600. The maximum Gasteiger partial charge on any atom is 0.0910 e. The molecule has 0 saturated carbocycles. The first-order valence-electron chi connectivity index (χ1n) is 2.61.